The third-order valence-electron chi connectivity index (χ3n) is 15.2. The van der Waals surface area contributed by atoms with Crippen LogP contribution in [0.3, 0.4) is 0 Å². The number of unbranched alkanes of at least 4 members (excludes halogenated alkanes) is 2. The molecule has 90 heavy (non-hydrogen) atoms. The van der Waals surface area contributed by atoms with Gasteiger partial charge in [-0.2, -0.15) is 0 Å². The fourth-order valence-corrected chi connectivity index (χ4v) is 10.7. The quantitative estimate of drug-likeness (QED) is 0.0190. The van der Waals surface area contributed by atoms with Crippen LogP contribution in [0.15, 0.2) is 77.3 Å². The molecule has 0 spiro atoms. The average Bonchev–Trinajstić information content (AvgIpc) is 2.24. The maximum atomic E-state index is 14.7. The van der Waals surface area contributed by atoms with E-state index in [1.165, 1.54) is 31.2 Å². The van der Waals surface area contributed by atoms with Crippen molar-refractivity contribution in [3.63, 3.8) is 0 Å². The topological polar surface area (TPSA) is 513 Å². The first kappa shape index (κ1) is 71.7. The zero-order chi connectivity index (χ0) is 65.3. The molecule has 0 bridgehead atoms. The van der Waals surface area contributed by atoms with Crippen LogP contribution in [0, 0.1) is 5.92 Å². The number of amides is 8. The molecule has 0 radical (unpaired) electrons. The van der Waals surface area contributed by atoms with Crippen LogP contribution in [0.5, 0.6) is 17.2 Å². The van der Waals surface area contributed by atoms with Gasteiger partial charge >= 0.3 is 29.6 Å². The molecule has 3 saturated heterocycles. The van der Waals surface area contributed by atoms with E-state index in [1.807, 2.05) is 10.6 Å². The Kier molecular flexibility index (Phi) is 24.8. The molecule has 1 unspecified atom stereocenters. The third-order valence-corrected chi connectivity index (χ3v) is 15.6. The predicted molar refractivity (Wildman–Crippen MR) is 302 cm³/mol. The van der Waals surface area contributed by atoms with Gasteiger partial charge in [0.25, 0.3) is 16.3 Å². The van der Waals surface area contributed by atoms with E-state index in [0.29, 0.717) is 56.9 Å². The molecule has 3 aliphatic rings. The molecule has 3 fully saturated rings. The minimum absolute atomic E-state index is 0. The molecule has 0 saturated carbocycles. The number of phenolic OH excluding ortho intramolecular Hbond substituents is 1. The number of aliphatic hydroxyl groups is 8. The largest absolute Gasteiger partial charge is 1.00 e. The van der Waals surface area contributed by atoms with Crippen LogP contribution < -0.4 is 70.8 Å². The maximum Gasteiger partial charge on any atom is 1.00 e. The van der Waals surface area contributed by atoms with Crippen molar-refractivity contribution in [2.24, 2.45) is 11.7 Å². The van der Waals surface area contributed by atoms with Crippen LogP contribution in [0.4, 0.5) is 0 Å². The van der Waals surface area contributed by atoms with Gasteiger partial charge in [-0.15, -0.1) is 0 Å². The molecule has 1 aromatic heterocycles. The van der Waals surface area contributed by atoms with Gasteiger partial charge in [-0.3, -0.25) is 38.4 Å². The van der Waals surface area contributed by atoms with Crippen LogP contribution in [-0.2, 0) is 44.0 Å². The first-order valence-electron chi connectivity index (χ1n) is 28.1. The zero-order valence-electron chi connectivity index (χ0n) is 49.0. The van der Waals surface area contributed by atoms with Crippen molar-refractivity contribution < 1.29 is 140 Å². The number of aliphatic hydroxyl groups excluding tert-OH is 8. The first-order chi connectivity index (χ1) is 42.0. The van der Waals surface area contributed by atoms with Crippen molar-refractivity contribution in [2.75, 3.05) is 19.7 Å². The van der Waals surface area contributed by atoms with Gasteiger partial charge in [0.05, 0.1) is 37.4 Å². The van der Waals surface area contributed by atoms with E-state index in [9.17, 15) is 97.3 Å². The number of carbonyl (C=O) groups excluding carboxylic acids is 8. The SMILES string of the molecule is CCCCCOc1ccc(-c2cc(-c3ccc(C(=O)NC4C[C@H](O)[C@@H](O)NC(=O)[C@H]5[C@H](O)[C@H](C)CN5C(=O)[C@@H]([C@@H](O)CC(N)=O)NC(=O)[C@@H]([C@@H](O)[C@@H](O)c5ccc(O)c(OS(=O)(=O)[O-])c5)NC(=O)[C@H]5C[C@H](O)CN5C(=O)[C@@H]([C@@H](C)O)NC4=O)cc3)no2)cc1.[Na+]. The predicted octanol–water partition coefficient (Wildman–Crippen LogP) is -7.24. The summed E-state index contributed by atoms with van der Waals surface area (Å²) >= 11 is 0. The second-order valence-corrected chi connectivity index (χ2v) is 22.9. The van der Waals surface area contributed by atoms with Crippen LogP contribution >= 0.6 is 0 Å². The number of carbonyl (C=O) groups is 8. The summed E-state index contributed by atoms with van der Waals surface area (Å²) in [5.41, 5.74) is 6.13. The molecule has 4 heterocycles. The van der Waals surface area contributed by atoms with Crippen LogP contribution in [0.2, 0.25) is 0 Å². The number of primary amides is 1. The summed E-state index contributed by atoms with van der Waals surface area (Å²) < 4.78 is 49.9. The Bertz CT molecular complexity index is 3340. The van der Waals surface area contributed by atoms with Gasteiger partial charge < -0.3 is 106 Å². The molecule has 8 amide bonds. The van der Waals surface area contributed by atoms with Gasteiger partial charge in [0.15, 0.2) is 23.5 Å². The molecule has 484 valence electrons. The van der Waals surface area contributed by atoms with Crippen molar-refractivity contribution in [1.82, 2.24) is 41.5 Å². The fourth-order valence-electron chi connectivity index (χ4n) is 10.3. The second kappa shape index (κ2) is 31.1. The zero-order valence-corrected chi connectivity index (χ0v) is 51.8. The minimum Gasteiger partial charge on any atom is -0.716 e. The van der Waals surface area contributed by atoms with Gasteiger partial charge in [-0.1, -0.05) is 50.0 Å². The number of phenols is 1. The Morgan fingerprint density at radius 3 is 2.07 bits per heavy atom. The van der Waals surface area contributed by atoms with Crippen molar-refractivity contribution in [3.8, 4) is 39.8 Å². The normalized spacial score (nSPS) is 26.2. The number of fused-ring (bicyclic) bond motifs is 2. The molecule has 15 atom stereocenters. The van der Waals surface area contributed by atoms with E-state index in [4.69, 9.17) is 15.0 Å². The molecule has 7 rings (SSSR count). The number of ether oxygens (including phenoxy) is 1. The number of rotatable bonds is 18. The number of nitrogens with zero attached hydrogens (tertiary/aromatic N) is 3. The summed E-state index contributed by atoms with van der Waals surface area (Å²) in [6.45, 7) is 3.72. The summed E-state index contributed by atoms with van der Waals surface area (Å²) in [5, 5.41) is 116. The minimum atomic E-state index is -5.60. The van der Waals surface area contributed by atoms with Crippen molar-refractivity contribution >= 4 is 57.7 Å². The van der Waals surface area contributed by atoms with Crippen molar-refractivity contribution in [2.45, 2.75) is 145 Å². The Labute approximate surface area is 536 Å². The molecule has 34 heteroatoms. The number of hydrogen-bond acceptors (Lipinski definition) is 24. The molecular weight excluding hydrogens is 1220 g/mol. The van der Waals surface area contributed by atoms with Crippen LogP contribution in [0.25, 0.3) is 22.6 Å². The van der Waals surface area contributed by atoms with Gasteiger partial charge in [-0.05, 0) is 67.4 Å². The van der Waals surface area contributed by atoms with Gasteiger partial charge in [0.2, 0.25) is 41.4 Å². The number of hydrogen-bond donors (Lipinski definition) is 15. The van der Waals surface area contributed by atoms with Gasteiger partial charge in [0.1, 0.15) is 66.0 Å². The summed E-state index contributed by atoms with van der Waals surface area (Å²) in [6.07, 6.45) is -17.3. The molecular formula is C56H70N9NaO23S. The Morgan fingerprint density at radius 2 is 1.43 bits per heavy atom. The molecule has 3 aliphatic heterocycles. The van der Waals surface area contributed by atoms with Gasteiger partial charge in [-0.25, -0.2) is 8.42 Å². The third kappa shape index (κ3) is 17.8. The smallest absolute Gasteiger partial charge is 0.716 e. The molecule has 3 aromatic carbocycles. The number of nitrogens with two attached hydrogens (primary N) is 1. The average molecular weight is 1290 g/mol. The standard InChI is InChI=1S/C56H71N9O23S.Na/c1-4-5-6-17-86-32-14-11-28(12-15-32)39-21-33(63-87-39)27-7-9-29(10-8-27)49(75)58-34-20-38(70)52(78)62-54(80)45-46(72)25(2)23-65(45)56(82)43(37(69)22-41(57)71)60-53(79)44(48(74)47(73)30-13-16-36(68)40(18-30)88-89(83,84)85)61-51(77)35-19-31(67)24-64(35)55(81)42(26(3)66)59-50(34)76;/h7-16,18,21,25-26,31,34-35,37-38,42-48,52,66-70,72-74,78H,4-6,17,19-20,22-24H2,1-3H3,(H2,57,71)(H,58,75)(H,59,76)(H,60,79)(H,61,77)(H,62,80)(H,83,84,85);/q;+1/p-1/t25-,26-,31+,34?,35-,37+,38+,42-,43-,44-,45-,46-,47+,48-,52-;/m1./s1. The molecule has 4 aromatic rings. The van der Waals surface area contributed by atoms with E-state index < -0.39 is 198 Å². The van der Waals surface area contributed by atoms with E-state index in [0.717, 1.165) is 32.3 Å². The van der Waals surface area contributed by atoms with Crippen LogP contribution in [-0.4, -0.2) is 220 Å². The van der Waals surface area contributed by atoms with E-state index in [1.54, 1.807) is 30.3 Å². The first-order valence-corrected chi connectivity index (χ1v) is 29.4. The van der Waals surface area contributed by atoms with Crippen molar-refractivity contribution in [3.05, 3.63) is 83.9 Å². The number of nitrogens with one attached hydrogen (secondary N) is 5. The maximum absolute atomic E-state index is 14.7. The number of aromatic nitrogens is 1. The van der Waals surface area contributed by atoms with Crippen molar-refractivity contribution in [1.29, 1.82) is 0 Å². The Morgan fingerprint density at radius 1 is 0.800 bits per heavy atom. The fraction of sp³-hybridized carbons (Fsp3) is 0.482. The van der Waals surface area contributed by atoms with Crippen LogP contribution in [0.1, 0.15) is 81.3 Å². The summed E-state index contributed by atoms with van der Waals surface area (Å²) in [4.78, 5) is 115. The van der Waals surface area contributed by atoms with E-state index in [-0.39, 0.29) is 35.1 Å². The number of aromatic hydroxyl groups is 1. The molecule has 32 nitrogen and oxygen atoms in total. The Balaban J connectivity index is 0.0000129. The Hall–Kier alpha value is -7.38. The van der Waals surface area contributed by atoms with Gasteiger partial charge in [0, 0.05) is 54.6 Å². The summed E-state index contributed by atoms with van der Waals surface area (Å²) in [5.74, 6) is -13.0. The van der Waals surface area contributed by atoms with E-state index >= 15 is 0 Å². The second-order valence-electron chi connectivity index (χ2n) is 21.9. The molecule has 16 N–H and O–H groups in total. The summed E-state index contributed by atoms with van der Waals surface area (Å²) in [7, 11) is -5.60. The van der Waals surface area contributed by atoms with E-state index in [2.05, 4.69) is 32.2 Å². The monoisotopic (exact) mass is 1290 g/mol. The summed E-state index contributed by atoms with van der Waals surface area (Å²) in [6, 6.07) is 3.38. The number of benzene rings is 3. The molecule has 0 aliphatic carbocycles.